The minimum absolute atomic E-state index is 0.130. The van der Waals surface area contributed by atoms with Crippen molar-refractivity contribution in [3.8, 4) is 0 Å². The average molecular weight is 273 g/mol. The van der Waals surface area contributed by atoms with Crippen LogP contribution >= 0.6 is 0 Å². The van der Waals surface area contributed by atoms with E-state index in [4.69, 9.17) is 0 Å². The number of hydrogen-bond donors (Lipinski definition) is 1. The van der Waals surface area contributed by atoms with Crippen LogP contribution in [0.5, 0.6) is 0 Å². The maximum absolute atomic E-state index is 11.9. The summed E-state index contributed by atoms with van der Waals surface area (Å²) in [6.45, 7) is 0. The van der Waals surface area contributed by atoms with E-state index in [1.165, 1.54) is 5.39 Å². The van der Waals surface area contributed by atoms with E-state index in [0.29, 0.717) is 0 Å². The molecule has 3 rings (SSSR count). The van der Waals surface area contributed by atoms with Gasteiger partial charge in [0.15, 0.2) is 0 Å². The van der Waals surface area contributed by atoms with Gasteiger partial charge in [0.25, 0.3) is 0 Å². The molecule has 1 amide bonds. The third kappa shape index (κ3) is 3.18. The van der Waals surface area contributed by atoms with Crippen molar-refractivity contribution in [1.82, 2.24) is 0 Å². The molecule has 2 heteroatoms. The maximum Gasteiger partial charge on any atom is 0.248 e. The summed E-state index contributed by atoms with van der Waals surface area (Å²) in [6.07, 6.45) is 3.41. The van der Waals surface area contributed by atoms with Gasteiger partial charge in [-0.15, -0.1) is 0 Å². The molecule has 0 spiro atoms. The van der Waals surface area contributed by atoms with Crippen molar-refractivity contribution in [2.24, 2.45) is 0 Å². The van der Waals surface area contributed by atoms with Gasteiger partial charge in [-0.25, -0.2) is 0 Å². The molecule has 0 saturated heterocycles. The topological polar surface area (TPSA) is 29.1 Å². The number of nitrogens with one attached hydrogen (secondary N) is 1. The first-order valence-corrected chi connectivity index (χ1v) is 6.85. The first kappa shape index (κ1) is 13.1. The lowest BCUT2D eigenvalue weighted by atomic mass is 10.0. The molecule has 0 aliphatic rings. The first-order valence-electron chi connectivity index (χ1n) is 6.85. The summed E-state index contributed by atoms with van der Waals surface area (Å²) >= 11 is 0. The van der Waals surface area contributed by atoms with Crippen molar-refractivity contribution in [2.45, 2.75) is 0 Å². The lowest BCUT2D eigenvalue weighted by molar-refractivity contribution is -0.111. The van der Waals surface area contributed by atoms with Gasteiger partial charge in [0, 0.05) is 11.8 Å². The fourth-order valence-electron chi connectivity index (χ4n) is 2.27. The molecular formula is C19H15NO. The Labute approximate surface area is 123 Å². The maximum atomic E-state index is 11.9. The normalized spacial score (nSPS) is 10.9. The zero-order valence-electron chi connectivity index (χ0n) is 11.5. The highest BCUT2D eigenvalue weighted by atomic mass is 16.1. The molecule has 0 saturated carbocycles. The first-order chi connectivity index (χ1) is 10.3. The van der Waals surface area contributed by atoms with E-state index in [1.54, 1.807) is 6.08 Å². The molecule has 0 atom stereocenters. The molecule has 3 aromatic carbocycles. The standard InChI is InChI=1S/C19H15NO/c21-19(20-17-10-2-1-3-11-17)14-13-16-9-6-8-15-7-4-5-12-18(15)16/h1-14H,(H,20,21). The number of benzene rings is 3. The van der Waals surface area contributed by atoms with E-state index in [-0.39, 0.29) is 5.91 Å². The molecule has 0 fully saturated rings. The van der Waals surface area contributed by atoms with Crippen LogP contribution < -0.4 is 5.32 Å². The van der Waals surface area contributed by atoms with Crippen molar-refractivity contribution in [2.75, 3.05) is 5.32 Å². The van der Waals surface area contributed by atoms with Crippen LogP contribution in [0.25, 0.3) is 16.8 Å². The second kappa shape index (κ2) is 6.06. The Morgan fingerprint density at radius 2 is 1.52 bits per heavy atom. The molecule has 1 N–H and O–H groups in total. The van der Waals surface area contributed by atoms with Crippen molar-refractivity contribution in [3.63, 3.8) is 0 Å². The summed E-state index contributed by atoms with van der Waals surface area (Å²) in [6, 6.07) is 23.6. The Morgan fingerprint density at radius 3 is 2.38 bits per heavy atom. The lowest BCUT2D eigenvalue weighted by Crippen LogP contribution is -2.07. The lowest BCUT2D eigenvalue weighted by Gasteiger charge is -2.03. The van der Waals surface area contributed by atoms with E-state index in [9.17, 15) is 4.79 Å². The predicted octanol–water partition coefficient (Wildman–Crippen LogP) is 4.49. The molecule has 0 aromatic heterocycles. The van der Waals surface area contributed by atoms with Crippen LogP contribution in [0.4, 0.5) is 5.69 Å². The predicted molar refractivity (Wildman–Crippen MR) is 88.1 cm³/mol. The Balaban J connectivity index is 1.80. The molecule has 0 unspecified atom stereocenters. The molecule has 0 aliphatic heterocycles. The monoisotopic (exact) mass is 273 g/mol. The second-order valence-electron chi connectivity index (χ2n) is 4.76. The van der Waals surface area contributed by atoms with Crippen LogP contribution in [-0.4, -0.2) is 5.91 Å². The van der Waals surface area contributed by atoms with Gasteiger partial charge in [-0.05, 0) is 34.5 Å². The van der Waals surface area contributed by atoms with Gasteiger partial charge in [0.1, 0.15) is 0 Å². The molecular weight excluding hydrogens is 258 g/mol. The number of amides is 1. The fourth-order valence-corrected chi connectivity index (χ4v) is 2.27. The van der Waals surface area contributed by atoms with Crippen molar-refractivity contribution in [1.29, 1.82) is 0 Å². The number of rotatable bonds is 3. The Kier molecular flexibility index (Phi) is 3.79. The van der Waals surface area contributed by atoms with Crippen molar-refractivity contribution >= 4 is 28.4 Å². The number of anilines is 1. The van der Waals surface area contributed by atoms with E-state index < -0.39 is 0 Å². The highest BCUT2D eigenvalue weighted by molar-refractivity contribution is 6.03. The Bertz CT molecular complexity index is 786. The smallest absolute Gasteiger partial charge is 0.248 e. The molecule has 0 radical (unpaired) electrons. The van der Waals surface area contributed by atoms with E-state index in [0.717, 1.165) is 16.6 Å². The third-order valence-corrected chi connectivity index (χ3v) is 3.28. The number of hydrogen-bond acceptors (Lipinski definition) is 1. The average Bonchev–Trinajstić information content (AvgIpc) is 2.54. The van der Waals surface area contributed by atoms with Gasteiger partial charge < -0.3 is 5.32 Å². The van der Waals surface area contributed by atoms with Crippen molar-refractivity contribution in [3.05, 3.63) is 84.4 Å². The summed E-state index contributed by atoms with van der Waals surface area (Å²) in [4.78, 5) is 11.9. The van der Waals surface area contributed by atoms with Crippen molar-refractivity contribution < 1.29 is 4.79 Å². The minimum atomic E-state index is -0.130. The van der Waals surface area contributed by atoms with Crippen LogP contribution in [-0.2, 0) is 4.79 Å². The Hall–Kier alpha value is -2.87. The molecule has 0 bridgehead atoms. The number of para-hydroxylation sites is 1. The van der Waals surface area contributed by atoms with E-state index >= 15 is 0 Å². The SMILES string of the molecule is O=C(C=Cc1cccc2ccccc12)Nc1ccccc1. The Morgan fingerprint density at radius 1 is 0.810 bits per heavy atom. The zero-order chi connectivity index (χ0) is 14.5. The highest BCUT2D eigenvalue weighted by Gasteiger charge is 1.99. The van der Waals surface area contributed by atoms with Gasteiger partial charge in [-0.3, -0.25) is 4.79 Å². The summed E-state index contributed by atoms with van der Waals surface area (Å²) in [5, 5.41) is 5.15. The summed E-state index contributed by atoms with van der Waals surface area (Å²) in [7, 11) is 0. The summed E-state index contributed by atoms with van der Waals surface area (Å²) < 4.78 is 0. The van der Waals surface area contributed by atoms with Gasteiger partial charge in [0.05, 0.1) is 0 Å². The molecule has 2 nitrogen and oxygen atoms in total. The van der Waals surface area contributed by atoms with Gasteiger partial charge >= 0.3 is 0 Å². The van der Waals surface area contributed by atoms with Crippen LogP contribution in [0, 0.1) is 0 Å². The van der Waals surface area contributed by atoms with Gasteiger partial charge in [-0.1, -0.05) is 60.7 Å². The summed E-state index contributed by atoms with van der Waals surface area (Å²) in [5.74, 6) is -0.130. The van der Waals surface area contributed by atoms with Crippen LogP contribution in [0.2, 0.25) is 0 Å². The molecule has 21 heavy (non-hydrogen) atoms. The number of carbonyl (C=O) groups excluding carboxylic acids is 1. The zero-order valence-corrected chi connectivity index (χ0v) is 11.5. The summed E-state index contributed by atoms with van der Waals surface area (Å²) in [5.41, 5.74) is 1.83. The number of fused-ring (bicyclic) bond motifs is 1. The van der Waals surface area contributed by atoms with E-state index in [2.05, 4.69) is 23.5 Å². The minimum Gasteiger partial charge on any atom is -0.323 e. The fraction of sp³-hybridized carbons (Fsp3) is 0. The molecule has 102 valence electrons. The third-order valence-electron chi connectivity index (χ3n) is 3.28. The van der Waals surface area contributed by atoms with E-state index in [1.807, 2.05) is 60.7 Å². The largest absolute Gasteiger partial charge is 0.323 e. The highest BCUT2D eigenvalue weighted by Crippen LogP contribution is 2.19. The number of carbonyl (C=O) groups is 1. The van der Waals surface area contributed by atoms with Gasteiger partial charge in [0.2, 0.25) is 5.91 Å². The second-order valence-corrected chi connectivity index (χ2v) is 4.76. The van der Waals surface area contributed by atoms with Crippen LogP contribution in [0.15, 0.2) is 78.9 Å². The quantitative estimate of drug-likeness (QED) is 0.700. The molecule has 0 aliphatic carbocycles. The molecule has 0 heterocycles. The molecule has 3 aromatic rings. The van der Waals surface area contributed by atoms with Gasteiger partial charge in [-0.2, -0.15) is 0 Å². The van der Waals surface area contributed by atoms with Crippen LogP contribution in [0.1, 0.15) is 5.56 Å². The van der Waals surface area contributed by atoms with Crippen LogP contribution in [0.3, 0.4) is 0 Å².